The molecule has 5 heteroatoms. The topological polar surface area (TPSA) is 57.6 Å². The van der Waals surface area contributed by atoms with E-state index >= 15 is 0 Å². The predicted molar refractivity (Wildman–Crippen MR) is 82.1 cm³/mol. The van der Waals surface area contributed by atoms with Crippen LogP contribution >= 0.6 is 0 Å². The SMILES string of the molecule is CC(CN(C(=O)C1CCCCC1)c1ccccc1F)C(=O)O. The van der Waals surface area contributed by atoms with Crippen LogP contribution in [0.3, 0.4) is 0 Å². The average Bonchev–Trinajstić information content (AvgIpc) is 2.53. The van der Waals surface area contributed by atoms with Gasteiger partial charge >= 0.3 is 5.97 Å². The van der Waals surface area contributed by atoms with Gasteiger partial charge in [-0.15, -0.1) is 0 Å². The number of rotatable bonds is 5. The summed E-state index contributed by atoms with van der Waals surface area (Å²) in [6.07, 6.45) is 4.71. The maximum atomic E-state index is 14.1. The number of hydrogen-bond acceptors (Lipinski definition) is 2. The Hall–Kier alpha value is -1.91. The molecule has 0 bridgehead atoms. The van der Waals surface area contributed by atoms with Crippen LogP contribution in [0.5, 0.6) is 0 Å². The Kier molecular flexibility index (Phi) is 5.52. The number of carboxylic acids is 1. The zero-order valence-corrected chi connectivity index (χ0v) is 12.8. The molecule has 0 radical (unpaired) electrons. The Labute approximate surface area is 129 Å². The number of carboxylic acid groups (broad SMARTS) is 1. The maximum Gasteiger partial charge on any atom is 0.308 e. The molecular weight excluding hydrogens is 285 g/mol. The van der Waals surface area contributed by atoms with Crippen molar-refractivity contribution in [3.05, 3.63) is 30.1 Å². The van der Waals surface area contributed by atoms with E-state index in [0.717, 1.165) is 32.1 Å². The first-order valence-corrected chi connectivity index (χ1v) is 7.79. The Bertz CT molecular complexity index is 540. The van der Waals surface area contributed by atoms with Crippen LogP contribution in [0.2, 0.25) is 0 Å². The number of carbonyl (C=O) groups excluding carboxylic acids is 1. The summed E-state index contributed by atoms with van der Waals surface area (Å²) in [5.41, 5.74) is 0.172. The highest BCUT2D eigenvalue weighted by molar-refractivity contribution is 5.95. The summed E-state index contributed by atoms with van der Waals surface area (Å²) < 4.78 is 14.1. The highest BCUT2D eigenvalue weighted by Gasteiger charge is 2.30. The van der Waals surface area contributed by atoms with Gasteiger partial charge in [-0.3, -0.25) is 9.59 Å². The van der Waals surface area contributed by atoms with Crippen molar-refractivity contribution in [2.24, 2.45) is 11.8 Å². The molecule has 0 aliphatic heterocycles. The van der Waals surface area contributed by atoms with Crippen molar-refractivity contribution in [3.63, 3.8) is 0 Å². The van der Waals surface area contributed by atoms with Gasteiger partial charge in [-0.1, -0.05) is 38.3 Å². The molecule has 1 aliphatic rings. The normalized spacial score (nSPS) is 17.0. The Morgan fingerprint density at radius 1 is 1.27 bits per heavy atom. The van der Waals surface area contributed by atoms with Gasteiger partial charge in [0.25, 0.3) is 0 Å². The molecule has 2 rings (SSSR count). The van der Waals surface area contributed by atoms with Gasteiger partial charge in [-0.2, -0.15) is 0 Å². The van der Waals surface area contributed by atoms with Crippen molar-refractivity contribution in [1.82, 2.24) is 0 Å². The molecule has 1 N–H and O–H groups in total. The number of aliphatic carboxylic acids is 1. The molecule has 1 saturated carbocycles. The van der Waals surface area contributed by atoms with E-state index in [2.05, 4.69) is 0 Å². The van der Waals surface area contributed by atoms with Gasteiger partial charge in [0, 0.05) is 12.5 Å². The second-order valence-corrected chi connectivity index (χ2v) is 5.97. The van der Waals surface area contributed by atoms with Crippen LogP contribution in [0, 0.1) is 17.7 Å². The van der Waals surface area contributed by atoms with E-state index in [4.69, 9.17) is 5.11 Å². The van der Waals surface area contributed by atoms with E-state index in [1.807, 2.05) is 0 Å². The van der Waals surface area contributed by atoms with Gasteiger partial charge in [0.05, 0.1) is 11.6 Å². The molecule has 120 valence electrons. The summed E-state index contributed by atoms with van der Waals surface area (Å²) >= 11 is 0. The monoisotopic (exact) mass is 307 g/mol. The predicted octanol–water partition coefficient (Wildman–Crippen LogP) is 3.46. The molecule has 1 aromatic carbocycles. The van der Waals surface area contributed by atoms with Crippen LogP contribution in [-0.4, -0.2) is 23.5 Å². The minimum absolute atomic E-state index is 0.00833. The molecule has 1 atom stereocenters. The first kappa shape index (κ1) is 16.5. The highest BCUT2D eigenvalue weighted by Crippen LogP contribution is 2.29. The third-order valence-corrected chi connectivity index (χ3v) is 4.24. The summed E-state index contributed by atoms with van der Waals surface area (Å²) in [7, 11) is 0. The summed E-state index contributed by atoms with van der Waals surface area (Å²) in [6.45, 7) is 1.52. The van der Waals surface area contributed by atoms with Gasteiger partial charge in [0.1, 0.15) is 5.82 Å². The van der Waals surface area contributed by atoms with Crippen LogP contribution in [-0.2, 0) is 9.59 Å². The van der Waals surface area contributed by atoms with Crippen molar-refractivity contribution in [2.45, 2.75) is 39.0 Å². The van der Waals surface area contributed by atoms with Crippen molar-refractivity contribution < 1.29 is 19.1 Å². The van der Waals surface area contributed by atoms with Crippen LogP contribution in [0.4, 0.5) is 10.1 Å². The average molecular weight is 307 g/mol. The van der Waals surface area contributed by atoms with Crippen molar-refractivity contribution >= 4 is 17.6 Å². The highest BCUT2D eigenvalue weighted by atomic mass is 19.1. The van der Waals surface area contributed by atoms with Crippen molar-refractivity contribution in [1.29, 1.82) is 0 Å². The van der Waals surface area contributed by atoms with E-state index in [0.29, 0.717) is 0 Å². The summed E-state index contributed by atoms with van der Waals surface area (Å²) in [5, 5.41) is 9.11. The molecule has 1 amide bonds. The number of nitrogens with zero attached hydrogens (tertiary/aromatic N) is 1. The summed E-state index contributed by atoms with van der Waals surface area (Å²) in [4.78, 5) is 25.2. The third kappa shape index (κ3) is 3.84. The molecule has 1 unspecified atom stereocenters. The second-order valence-electron chi connectivity index (χ2n) is 5.97. The number of amides is 1. The van der Waals surface area contributed by atoms with Gasteiger partial charge < -0.3 is 10.0 Å². The lowest BCUT2D eigenvalue weighted by Gasteiger charge is -2.30. The Morgan fingerprint density at radius 3 is 2.50 bits per heavy atom. The number of para-hydroxylation sites is 1. The lowest BCUT2D eigenvalue weighted by atomic mass is 9.88. The largest absolute Gasteiger partial charge is 0.481 e. The first-order chi connectivity index (χ1) is 10.5. The number of halogens is 1. The first-order valence-electron chi connectivity index (χ1n) is 7.79. The van der Waals surface area contributed by atoms with Crippen LogP contribution in [0.1, 0.15) is 39.0 Å². The third-order valence-electron chi connectivity index (χ3n) is 4.24. The summed E-state index contributed by atoms with van der Waals surface area (Å²) in [5.74, 6) is -2.51. The smallest absolute Gasteiger partial charge is 0.308 e. The van der Waals surface area contributed by atoms with E-state index < -0.39 is 17.7 Å². The molecule has 1 fully saturated rings. The quantitative estimate of drug-likeness (QED) is 0.906. The molecule has 0 heterocycles. The van der Waals surface area contributed by atoms with Crippen LogP contribution in [0.25, 0.3) is 0 Å². The van der Waals surface area contributed by atoms with Crippen LogP contribution in [0.15, 0.2) is 24.3 Å². The fourth-order valence-electron chi connectivity index (χ4n) is 2.90. The lowest BCUT2D eigenvalue weighted by Crippen LogP contribution is -2.41. The van der Waals surface area contributed by atoms with Crippen molar-refractivity contribution in [2.75, 3.05) is 11.4 Å². The molecule has 22 heavy (non-hydrogen) atoms. The minimum atomic E-state index is -0.988. The fourth-order valence-corrected chi connectivity index (χ4v) is 2.90. The van der Waals surface area contributed by atoms with E-state index in [-0.39, 0.29) is 24.1 Å². The standard InChI is InChI=1S/C17H22FNO3/c1-12(17(21)22)11-19(15-10-6-5-9-14(15)18)16(20)13-7-3-2-4-8-13/h5-6,9-10,12-13H,2-4,7-8,11H2,1H3,(H,21,22). The van der Waals surface area contributed by atoms with E-state index in [9.17, 15) is 14.0 Å². The maximum absolute atomic E-state index is 14.1. The van der Waals surface area contributed by atoms with Crippen molar-refractivity contribution in [3.8, 4) is 0 Å². The number of carbonyl (C=O) groups is 2. The summed E-state index contributed by atoms with van der Waals surface area (Å²) in [6, 6.07) is 6.04. The molecule has 1 aromatic rings. The fraction of sp³-hybridized carbons (Fsp3) is 0.529. The van der Waals surface area contributed by atoms with Gasteiger partial charge in [-0.05, 0) is 25.0 Å². The lowest BCUT2D eigenvalue weighted by molar-refractivity contribution is -0.140. The van der Waals surface area contributed by atoms with Gasteiger partial charge in [-0.25, -0.2) is 4.39 Å². The van der Waals surface area contributed by atoms with Crippen LogP contribution < -0.4 is 4.90 Å². The molecule has 4 nitrogen and oxygen atoms in total. The zero-order valence-electron chi connectivity index (χ0n) is 12.8. The minimum Gasteiger partial charge on any atom is -0.481 e. The molecule has 0 saturated heterocycles. The van der Waals surface area contributed by atoms with E-state index in [1.165, 1.54) is 24.0 Å². The second kappa shape index (κ2) is 7.38. The molecule has 0 aromatic heterocycles. The number of benzene rings is 1. The van der Waals surface area contributed by atoms with Gasteiger partial charge in [0.15, 0.2) is 0 Å². The molecule has 1 aliphatic carbocycles. The Balaban J connectivity index is 2.26. The molecular formula is C17H22FNO3. The van der Waals surface area contributed by atoms with E-state index in [1.54, 1.807) is 12.1 Å². The van der Waals surface area contributed by atoms with Gasteiger partial charge in [0.2, 0.25) is 5.91 Å². The number of hydrogen-bond donors (Lipinski definition) is 1. The molecule has 0 spiro atoms. The number of anilines is 1. The zero-order chi connectivity index (χ0) is 16.1. The Morgan fingerprint density at radius 2 is 1.91 bits per heavy atom.